The highest BCUT2D eigenvalue weighted by Gasteiger charge is 2.19. The molecule has 74 valence electrons. The first kappa shape index (κ1) is 10.2. The smallest absolute Gasteiger partial charge is 0.222 e. The summed E-state index contributed by atoms with van der Waals surface area (Å²) in [4.78, 5) is 23.6. The Morgan fingerprint density at radius 1 is 1.46 bits per heavy atom. The van der Waals surface area contributed by atoms with E-state index in [4.69, 9.17) is 0 Å². The van der Waals surface area contributed by atoms with Crippen LogP contribution in [0.3, 0.4) is 0 Å². The normalized spacial score (nSPS) is 18.7. The summed E-state index contributed by atoms with van der Waals surface area (Å²) in [5.41, 5.74) is 0. The zero-order chi connectivity index (χ0) is 9.68. The number of likely N-dealkylation sites (tertiary alicyclic amines) is 1. The van der Waals surface area contributed by atoms with E-state index in [2.05, 4.69) is 0 Å². The molecule has 0 saturated carbocycles. The van der Waals surface area contributed by atoms with E-state index in [-0.39, 0.29) is 11.8 Å². The van der Waals surface area contributed by atoms with Crippen LogP contribution >= 0.6 is 0 Å². The fraction of sp³-hybridized carbons (Fsp3) is 0.800. The summed E-state index contributed by atoms with van der Waals surface area (Å²) in [6.07, 6.45) is 4.18. The van der Waals surface area contributed by atoms with Gasteiger partial charge in [-0.3, -0.25) is 4.79 Å². The van der Waals surface area contributed by atoms with Gasteiger partial charge < -0.3 is 9.69 Å². The summed E-state index contributed by atoms with van der Waals surface area (Å²) in [6.45, 7) is 3.77. The number of hydrogen-bond donors (Lipinski definition) is 0. The van der Waals surface area contributed by atoms with Crippen molar-refractivity contribution in [1.82, 2.24) is 4.90 Å². The van der Waals surface area contributed by atoms with Gasteiger partial charge in [0, 0.05) is 25.9 Å². The van der Waals surface area contributed by atoms with Crippen LogP contribution in [0.5, 0.6) is 0 Å². The van der Waals surface area contributed by atoms with E-state index in [9.17, 15) is 9.59 Å². The Labute approximate surface area is 79.1 Å². The second-order valence-electron chi connectivity index (χ2n) is 3.80. The summed E-state index contributed by atoms with van der Waals surface area (Å²) < 4.78 is 0. The first-order valence-corrected chi connectivity index (χ1v) is 4.95. The highest BCUT2D eigenvalue weighted by atomic mass is 16.2. The minimum absolute atomic E-state index is 0.200. The van der Waals surface area contributed by atoms with E-state index in [0.717, 1.165) is 32.2 Å². The number of rotatable bonds is 4. The Hall–Kier alpha value is -0.860. The molecule has 3 heteroatoms. The first-order valence-electron chi connectivity index (χ1n) is 4.95. The van der Waals surface area contributed by atoms with Gasteiger partial charge in [-0.15, -0.1) is 0 Å². The van der Waals surface area contributed by atoms with Crippen molar-refractivity contribution in [2.24, 2.45) is 5.92 Å². The van der Waals surface area contributed by atoms with Crippen LogP contribution in [0.15, 0.2) is 0 Å². The van der Waals surface area contributed by atoms with Crippen LogP contribution in [0.2, 0.25) is 0 Å². The molecule has 0 aromatic heterocycles. The van der Waals surface area contributed by atoms with Crippen LogP contribution in [-0.2, 0) is 9.59 Å². The second-order valence-corrected chi connectivity index (χ2v) is 3.80. The largest absolute Gasteiger partial charge is 0.343 e. The molecule has 0 aromatic rings. The molecule has 0 radical (unpaired) electrons. The summed E-state index contributed by atoms with van der Waals surface area (Å²) in [6, 6.07) is 0. The van der Waals surface area contributed by atoms with Crippen molar-refractivity contribution < 1.29 is 9.59 Å². The molecule has 1 unspecified atom stereocenters. The monoisotopic (exact) mass is 183 g/mol. The summed E-state index contributed by atoms with van der Waals surface area (Å²) in [5.74, 6) is 0.414. The lowest BCUT2D eigenvalue weighted by molar-refractivity contribution is -0.131. The molecule has 0 aliphatic carbocycles. The van der Waals surface area contributed by atoms with Gasteiger partial charge in [0.25, 0.3) is 0 Å². The molecule has 1 fully saturated rings. The molecule has 13 heavy (non-hydrogen) atoms. The topological polar surface area (TPSA) is 37.4 Å². The van der Waals surface area contributed by atoms with Crippen LogP contribution in [0, 0.1) is 5.92 Å². The average molecular weight is 183 g/mol. The molecular weight excluding hydrogens is 166 g/mol. The van der Waals surface area contributed by atoms with Gasteiger partial charge in [-0.1, -0.05) is 6.92 Å². The van der Waals surface area contributed by atoms with Crippen molar-refractivity contribution in [1.29, 1.82) is 0 Å². The minimum Gasteiger partial charge on any atom is -0.343 e. The van der Waals surface area contributed by atoms with Gasteiger partial charge in [-0.05, 0) is 18.8 Å². The number of hydrogen-bond acceptors (Lipinski definition) is 2. The van der Waals surface area contributed by atoms with Crippen molar-refractivity contribution in [3.63, 3.8) is 0 Å². The van der Waals surface area contributed by atoms with Crippen molar-refractivity contribution in [3.05, 3.63) is 0 Å². The maximum Gasteiger partial charge on any atom is 0.222 e. The molecule has 1 atom stereocenters. The molecule has 0 spiro atoms. The molecule has 0 bridgehead atoms. The summed E-state index contributed by atoms with van der Waals surface area (Å²) >= 11 is 0. The molecule has 1 amide bonds. The third-order valence-corrected chi connectivity index (χ3v) is 2.48. The molecule has 1 heterocycles. The van der Waals surface area contributed by atoms with E-state index in [1.165, 1.54) is 0 Å². The predicted octanol–water partition coefficient (Wildman–Crippen LogP) is 1.22. The van der Waals surface area contributed by atoms with Crippen LogP contribution in [0.25, 0.3) is 0 Å². The molecule has 1 aliphatic rings. The fourth-order valence-corrected chi connectivity index (χ4v) is 1.64. The van der Waals surface area contributed by atoms with Gasteiger partial charge in [0.1, 0.15) is 6.29 Å². The highest BCUT2D eigenvalue weighted by molar-refractivity contribution is 5.76. The zero-order valence-corrected chi connectivity index (χ0v) is 8.16. The fourth-order valence-electron chi connectivity index (χ4n) is 1.64. The SMILES string of the molecule is CC(CC=O)CC(=O)N1CCCC1. The summed E-state index contributed by atoms with van der Waals surface area (Å²) in [5, 5.41) is 0. The number of aldehydes is 1. The van der Waals surface area contributed by atoms with Gasteiger partial charge in [-0.2, -0.15) is 0 Å². The minimum atomic E-state index is 0.200. The Kier molecular flexibility index (Phi) is 3.93. The van der Waals surface area contributed by atoms with E-state index in [1.54, 1.807) is 0 Å². The number of carbonyl (C=O) groups excluding carboxylic acids is 2. The van der Waals surface area contributed by atoms with E-state index >= 15 is 0 Å². The summed E-state index contributed by atoms with van der Waals surface area (Å²) in [7, 11) is 0. The Balaban J connectivity index is 2.26. The first-order chi connectivity index (χ1) is 6.24. The van der Waals surface area contributed by atoms with Gasteiger partial charge in [0.2, 0.25) is 5.91 Å². The number of carbonyl (C=O) groups is 2. The van der Waals surface area contributed by atoms with Gasteiger partial charge in [0.05, 0.1) is 0 Å². The van der Waals surface area contributed by atoms with E-state index in [0.29, 0.717) is 12.8 Å². The molecule has 3 nitrogen and oxygen atoms in total. The molecule has 0 N–H and O–H groups in total. The number of amides is 1. The van der Waals surface area contributed by atoms with E-state index < -0.39 is 0 Å². The third-order valence-electron chi connectivity index (χ3n) is 2.48. The highest BCUT2D eigenvalue weighted by Crippen LogP contribution is 2.13. The van der Waals surface area contributed by atoms with Gasteiger partial charge in [0.15, 0.2) is 0 Å². The van der Waals surface area contributed by atoms with Gasteiger partial charge >= 0.3 is 0 Å². The van der Waals surface area contributed by atoms with Crippen LogP contribution < -0.4 is 0 Å². The van der Waals surface area contributed by atoms with Crippen LogP contribution in [0.4, 0.5) is 0 Å². The molecule has 0 aromatic carbocycles. The van der Waals surface area contributed by atoms with Crippen LogP contribution in [-0.4, -0.2) is 30.2 Å². The lowest BCUT2D eigenvalue weighted by atomic mass is 10.0. The van der Waals surface area contributed by atoms with Gasteiger partial charge in [-0.25, -0.2) is 0 Å². The third kappa shape index (κ3) is 3.17. The maximum atomic E-state index is 11.5. The predicted molar refractivity (Wildman–Crippen MR) is 50.3 cm³/mol. The van der Waals surface area contributed by atoms with Crippen LogP contribution in [0.1, 0.15) is 32.6 Å². The van der Waals surface area contributed by atoms with Crippen molar-refractivity contribution in [2.75, 3.05) is 13.1 Å². The molecule has 1 aliphatic heterocycles. The Morgan fingerprint density at radius 3 is 2.62 bits per heavy atom. The molecule has 1 saturated heterocycles. The number of nitrogens with zero attached hydrogens (tertiary/aromatic N) is 1. The van der Waals surface area contributed by atoms with E-state index in [1.807, 2.05) is 11.8 Å². The van der Waals surface area contributed by atoms with Crippen molar-refractivity contribution >= 4 is 12.2 Å². The second kappa shape index (κ2) is 5.00. The maximum absolute atomic E-state index is 11.5. The van der Waals surface area contributed by atoms with Crippen molar-refractivity contribution in [2.45, 2.75) is 32.6 Å². The lowest BCUT2D eigenvalue weighted by Gasteiger charge is -2.17. The van der Waals surface area contributed by atoms with Crippen molar-refractivity contribution in [3.8, 4) is 0 Å². The Morgan fingerprint density at radius 2 is 2.08 bits per heavy atom. The zero-order valence-electron chi connectivity index (χ0n) is 8.16. The molecule has 1 rings (SSSR count). The lowest BCUT2D eigenvalue weighted by Crippen LogP contribution is -2.28. The quantitative estimate of drug-likeness (QED) is 0.615. The standard InChI is InChI=1S/C10H17NO2/c1-9(4-7-12)8-10(13)11-5-2-3-6-11/h7,9H,2-6,8H2,1H3. The average Bonchev–Trinajstić information content (AvgIpc) is 2.55. The molecular formula is C10H17NO2. The Bertz CT molecular complexity index is 185.